The van der Waals surface area contributed by atoms with E-state index in [0.29, 0.717) is 5.56 Å². The van der Waals surface area contributed by atoms with Crippen LogP contribution in [0, 0.1) is 13.8 Å². The number of aryl methyl sites for hydroxylation is 2. The van der Waals surface area contributed by atoms with E-state index in [1.165, 1.54) is 11.1 Å². The van der Waals surface area contributed by atoms with E-state index < -0.39 is 5.91 Å². The van der Waals surface area contributed by atoms with E-state index in [1.807, 2.05) is 65.8 Å². The monoisotopic (exact) mass is 389 g/mol. The van der Waals surface area contributed by atoms with E-state index in [-0.39, 0.29) is 0 Å². The molecule has 0 unspecified atom stereocenters. The fourth-order valence-corrected chi connectivity index (χ4v) is 2.25. The number of carbonyl (C=O) groups excluding carboxylic acids is 1. The van der Waals surface area contributed by atoms with Crippen LogP contribution in [0.3, 0.4) is 0 Å². The zero-order valence-corrected chi connectivity index (χ0v) is 18.3. The maximum Gasteiger partial charge on any atom is 0.249 e. The lowest BCUT2D eigenvalue weighted by Crippen LogP contribution is -1.99. The second-order valence-electron chi connectivity index (χ2n) is 5.08. The second kappa shape index (κ2) is 17.1. The Kier molecular flexibility index (Phi) is 17.1. The van der Waals surface area contributed by atoms with Crippen molar-refractivity contribution in [2.75, 3.05) is 0 Å². The molecule has 4 nitrogen and oxygen atoms in total. The number of amides is 1. The van der Waals surface area contributed by atoms with Crippen molar-refractivity contribution in [3.8, 4) is 0 Å². The molecule has 2 rings (SSSR count). The molecule has 0 aliphatic rings. The first-order valence-electron chi connectivity index (χ1n) is 9.40. The van der Waals surface area contributed by atoms with Crippen LogP contribution in [0.2, 0.25) is 5.02 Å². The Morgan fingerprint density at radius 2 is 1.63 bits per heavy atom. The maximum absolute atomic E-state index is 11.3. The summed E-state index contributed by atoms with van der Waals surface area (Å²) in [4.78, 5) is 13.8. The van der Waals surface area contributed by atoms with Crippen molar-refractivity contribution < 1.29 is 4.79 Å². The van der Waals surface area contributed by atoms with Crippen molar-refractivity contribution in [1.82, 2.24) is 0 Å². The van der Waals surface area contributed by atoms with Crippen LogP contribution in [-0.4, -0.2) is 5.91 Å². The maximum atomic E-state index is 11.3. The van der Waals surface area contributed by atoms with Crippen molar-refractivity contribution >= 4 is 17.5 Å². The van der Waals surface area contributed by atoms with Crippen LogP contribution in [0.4, 0.5) is 0 Å². The second-order valence-corrected chi connectivity index (χ2v) is 5.49. The van der Waals surface area contributed by atoms with Gasteiger partial charge in [-0.1, -0.05) is 89.0 Å². The lowest BCUT2D eigenvalue weighted by atomic mass is 10.0. The van der Waals surface area contributed by atoms with Crippen molar-refractivity contribution in [2.24, 2.45) is 5.11 Å². The van der Waals surface area contributed by atoms with Crippen LogP contribution in [-0.2, 0) is 6.42 Å². The molecule has 0 aliphatic heterocycles. The number of carbonyl (C=O) groups is 1. The Hall–Kier alpha value is -2.29. The Balaban J connectivity index is 0. The molecule has 0 aliphatic carbocycles. The van der Waals surface area contributed by atoms with Crippen LogP contribution < -0.4 is 0 Å². The Morgan fingerprint density at radius 1 is 1.04 bits per heavy atom. The molecule has 0 saturated carbocycles. The fourth-order valence-electron chi connectivity index (χ4n) is 2.03. The third-order valence-corrected chi connectivity index (χ3v) is 3.85. The van der Waals surface area contributed by atoms with Crippen LogP contribution >= 0.6 is 11.6 Å². The molecule has 0 heterocycles. The van der Waals surface area contributed by atoms with Gasteiger partial charge < -0.3 is 0 Å². The van der Waals surface area contributed by atoms with Crippen molar-refractivity contribution in [3.05, 3.63) is 80.2 Å². The fraction of sp³-hybridized carbons (Fsp3) is 0.409. The number of rotatable bonds is 3. The highest BCUT2D eigenvalue weighted by Crippen LogP contribution is 2.17. The van der Waals surface area contributed by atoms with E-state index in [1.54, 1.807) is 12.1 Å². The molecule has 1 amide bonds. The average Bonchev–Trinajstić information content (AvgIpc) is 2.70. The highest BCUT2D eigenvalue weighted by Gasteiger charge is 2.07. The lowest BCUT2D eigenvalue weighted by Gasteiger charge is -2.03. The number of benzene rings is 2. The third-order valence-electron chi connectivity index (χ3n) is 3.44. The van der Waals surface area contributed by atoms with Crippen LogP contribution in [0.1, 0.15) is 68.1 Å². The van der Waals surface area contributed by atoms with Crippen LogP contribution in [0.5, 0.6) is 0 Å². The standard InChI is InChI=1S/C10H11N3O.C8H9Cl.2C2H6/c1-2-5-8-6-3-4-7-9(8)10(14)12-13-11;1-6-4-3-5-8(9)7(6)2;2*1-2/h3-4,6-7H,2,5H2,1H3;3-5H,1-2H3;2*1-2H3. The van der Waals surface area contributed by atoms with Gasteiger partial charge in [-0.25, -0.2) is 0 Å². The predicted octanol–water partition coefficient (Wildman–Crippen LogP) is 8.10. The quantitative estimate of drug-likeness (QED) is 0.297. The summed E-state index contributed by atoms with van der Waals surface area (Å²) >= 11 is 5.81. The zero-order valence-electron chi connectivity index (χ0n) is 17.6. The van der Waals surface area contributed by atoms with Gasteiger partial charge in [-0.3, -0.25) is 4.79 Å². The number of hydrogen-bond donors (Lipinski definition) is 0. The summed E-state index contributed by atoms with van der Waals surface area (Å²) in [6, 6.07) is 13.1. The van der Waals surface area contributed by atoms with E-state index >= 15 is 0 Å². The first-order chi connectivity index (χ1) is 13.0. The minimum atomic E-state index is -0.503. The van der Waals surface area contributed by atoms with Crippen molar-refractivity contribution in [1.29, 1.82) is 0 Å². The van der Waals surface area contributed by atoms with E-state index in [4.69, 9.17) is 17.1 Å². The number of hydrogen-bond acceptors (Lipinski definition) is 1. The normalized spacial score (nSPS) is 8.44. The van der Waals surface area contributed by atoms with Gasteiger partial charge in [0.05, 0.1) is 0 Å². The van der Waals surface area contributed by atoms with Crippen molar-refractivity contribution in [3.63, 3.8) is 0 Å². The molecular weight excluding hydrogens is 358 g/mol. The topological polar surface area (TPSA) is 65.8 Å². The first kappa shape index (κ1) is 26.9. The molecule has 0 spiro atoms. The Labute approximate surface area is 169 Å². The van der Waals surface area contributed by atoms with Gasteiger partial charge in [-0.15, -0.1) is 0 Å². The summed E-state index contributed by atoms with van der Waals surface area (Å²) in [5.41, 5.74) is 12.0. The van der Waals surface area contributed by atoms with Gasteiger partial charge in [0.15, 0.2) is 0 Å². The van der Waals surface area contributed by atoms with E-state index in [9.17, 15) is 4.79 Å². The van der Waals surface area contributed by atoms with Crippen LogP contribution in [0.15, 0.2) is 47.6 Å². The third kappa shape index (κ3) is 10.4. The summed E-state index contributed by atoms with van der Waals surface area (Å²) in [6.45, 7) is 14.1. The molecule has 0 aromatic heterocycles. The molecule has 2 aromatic rings. The summed E-state index contributed by atoms with van der Waals surface area (Å²) in [5, 5.41) is 3.94. The molecule has 0 fully saturated rings. The van der Waals surface area contributed by atoms with E-state index in [2.05, 4.69) is 23.0 Å². The highest BCUT2D eigenvalue weighted by molar-refractivity contribution is 6.31. The Morgan fingerprint density at radius 3 is 2.11 bits per heavy atom. The van der Waals surface area contributed by atoms with Gasteiger partial charge in [-0.2, -0.15) is 0 Å². The zero-order chi connectivity index (χ0) is 21.2. The molecule has 5 heteroatoms. The largest absolute Gasteiger partial charge is 0.287 e. The molecule has 0 atom stereocenters. The number of halogens is 1. The van der Waals surface area contributed by atoms with Gasteiger partial charge in [0.2, 0.25) is 5.91 Å². The number of azide groups is 1. The molecular formula is C22H32ClN3O. The van der Waals surface area contributed by atoms with Crippen molar-refractivity contribution in [2.45, 2.75) is 61.3 Å². The van der Waals surface area contributed by atoms with Crippen LogP contribution in [0.25, 0.3) is 10.4 Å². The van der Waals surface area contributed by atoms with E-state index in [0.717, 1.165) is 23.4 Å². The summed E-state index contributed by atoms with van der Waals surface area (Å²) in [7, 11) is 0. The Bertz CT molecular complexity index is 703. The summed E-state index contributed by atoms with van der Waals surface area (Å²) in [6.07, 6.45) is 1.78. The SMILES string of the molecule is CC.CC.CCCc1ccccc1C(=O)N=[N+]=[N-].Cc1cccc(Cl)c1C. The highest BCUT2D eigenvalue weighted by atomic mass is 35.5. The van der Waals surface area contributed by atoms with Gasteiger partial charge >= 0.3 is 0 Å². The summed E-state index contributed by atoms with van der Waals surface area (Å²) in [5.74, 6) is -0.503. The molecule has 0 radical (unpaired) electrons. The molecule has 2 aromatic carbocycles. The predicted molar refractivity (Wildman–Crippen MR) is 118 cm³/mol. The molecule has 0 bridgehead atoms. The molecule has 0 N–H and O–H groups in total. The molecule has 148 valence electrons. The van der Waals surface area contributed by atoms with Gasteiger partial charge in [-0.05, 0) is 53.7 Å². The smallest absolute Gasteiger partial charge is 0.249 e. The van der Waals surface area contributed by atoms with Gasteiger partial charge in [0.25, 0.3) is 0 Å². The van der Waals surface area contributed by atoms with Gasteiger partial charge in [0.1, 0.15) is 0 Å². The minimum absolute atomic E-state index is 0.503. The lowest BCUT2D eigenvalue weighted by molar-refractivity contribution is 0.0999. The average molecular weight is 390 g/mol. The minimum Gasteiger partial charge on any atom is -0.287 e. The first-order valence-corrected chi connectivity index (χ1v) is 9.78. The molecule has 27 heavy (non-hydrogen) atoms. The number of nitrogens with zero attached hydrogens (tertiary/aromatic N) is 3. The molecule has 0 saturated heterocycles. The van der Waals surface area contributed by atoms with Gasteiger partial charge in [0, 0.05) is 15.5 Å². The summed E-state index contributed by atoms with van der Waals surface area (Å²) < 4.78 is 0.